The molecule has 3 aromatic rings. The van der Waals surface area contributed by atoms with Gasteiger partial charge in [0.05, 0.1) is 12.3 Å². The Morgan fingerprint density at radius 1 is 0.781 bits per heavy atom. The third kappa shape index (κ3) is 6.38. The smallest absolute Gasteiger partial charge is 0.252 e. The Morgan fingerprint density at radius 2 is 1.31 bits per heavy atom. The van der Waals surface area contributed by atoms with Crippen molar-refractivity contribution in [3.63, 3.8) is 0 Å². The number of rotatable bonds is 8. The predicted molar refractivity (Wildman–Crippen MR) is 130 cm³/mol. The summed E-state index contributed by atoms with van der Waals surface area (Å²) < 4.78 is 0. The van der Waals surface area contributed by atoms with Crippen LogP contribution >= 0.6 is 0 Å². The molecule has 5 heteroatoms. The summed E-state index contributed by atoms with van der Waals surface area (Å²) in [6.07, 6.45) is 0.0908. The first-order valence-corrected chi connectivity index (χ1v) is 10.8. The zero-order chi connectivity index (χ0) is 22.9. The quantitative estimate of drug-likeness (QED) is 0.370. The lowest BCUT2D eigenvalue weighted by atomic mass is 9.91. The monoisotopic (exact) mass is 427 g/mol. The SMILES string of the molecule is CC(CC(=O)Nc1ccc(C(C)C)cc1)=NNC(=O)C(c1ccccc1)c1ccccc1. The van der Waals surface area contributed by atoms with Crippen LogP contribution in [0.25, 0.3) is 0 Å². The summed E-state index contributed by atoms with van der Waals surface area (Å²) in [5.41, 5.74) is 6.88. The van der Waals surface area contributed by atoms with Gasteiger partial charge >= 0.3 is 0 Å². The zero-order valence-corrected chi connectivity index (χ0v) is 18.7. The minimum Gasteiger partial charge on any atom is -0.326 e. The molecule has 164 valence electrons. The molecule has 0 unspecified atom stereocenters. The van der Waals surface area contributed by atoms with Crippen molar-refractivity contribution in [2.45, 2.75) is 39.0 Å². The molecule has 3 aromatic carbocycles. The molecule has 0 aliphatic heterocycles. The molecule has 0 aliphatic rings. The molecular formula is C27H29N3O2. The second-order valence-corrected chi connectivity index (χ2v) is 8.08. The van der Waals surface area contributed by atoms with Gasteiger partial charge in [0, 0.05) is 11.4 Å². The van der Waals surface area contributed by atoms with E-state index in [4.69, 9.17) is 0 Å². The predicted octanol–water partition coefficient (Wildman–Crippen LogP) is 5.46. The van der Waals surface area contributed by atoms with E-state index in [0.29, 0.717) is 11.6 Å². The van der Waals surface area contributed by atoms with Gasteiger partial charge in [0.25, 0.3) is 5.91 Å². The highest BCUT2D eigenvalue weighted by Crippen LogP contribution is 2.24. The Hall–Kier alpha value is -3.73. The summed E-state index contributed by atoms with van der Waals surface area (Å²) in [5, 5.41) is 7.04. The summed E-state index contributed by atoms with van der Waals surface area (Å²) in [4.78, 5) is 25.4. The molecule has 3 rings (SSSR count). The van der Waals surface area contributed by atoms with Crippen LogP contribution in [0.2, 0.25) is 0 Å². The Labute approximate surface area is 189 Å². The van der Waals surface area contributed by atoms with E-state index in [1.54, 1.807) is 6.92 Å². The van der Waals surface area contributed by atoms with Gasteiger partial charge in [-0.2, -0.15) is 5.10 Å². The van der Waals surface area contributed by atoms with E-state index >= 15 is 0 Å². The van der Waals surface area contributed by atoms with Crippen molar-refractivity contribution in [1.82, 2.24) is 5.43 Å². The van der Waals surface area contributed by atoms with E-state index in [-0.39, 0.29) is 18.2 Å². The number of hydrazone groups is 1. The van der Waals surface area contributed by atoms with Crippen LogP contribution in [0.1, 0.15) is 55.7 Å². The van der Waals surface area contributed by atoms with Crippen molar-refractivity contribution in [2.75, 3.05) is 5.32 Å². The molecule has 0 saturated carbocycles. The van der Waals surface area contributed by atoms with Gasteiger partial charge in [0.1, 0.15) is 0 Å². The van der Waals surface area contributed by atoms with Crippen LogP contribution in [0.15, 0.2) is 90.0 Å². The highest BCUT2D eigenvalue weighted by molar-refractivity contribution is 6.05. The first-order valence-electron chi connectivity index (χ1n) is 10.8. The lowest BCUT2D eigenvalue weighted by Gasteiger charge is -2.16. The number of amides is 2. The van der Waals surface area contributed by atoms with E-state index in [0.717, 1.165) is 16.8 Å². The van der Waals surface area contributed by atoms with Crippen LogP contribution in [0.5, 0.6) is 0 Å². The van der Waals surface area contributed by atoms with Crippen LogP contribution in [-0.2, 0) is 9.59 Å². The second-order valence-electron chi connectivity index (χ2n) is 8.08. The van der Waals surface area contributed by atoms with Gasteiger partial charge in [-0.25, -0.2) is 5.43 Å². The van der Waals surface area contributed by atoms with E-state index in [1.807, 2.05) is 84.9 Å². The summed E-state index contributed by atoms with van der Waals surface area (Å²) in [6, 6.07) is 27.0. The molecule has 0 atom stereocenters. The highest BCUT2D eigenvalue weighted by Gasteiger charge is 2.22. The fraction of sp³-hybridized carbons (Fsp3) is 0.222. The standard InChI is InChI=1S/C27H29N3O2/c1-19(2)21-14-16-24(17-15-21)28-25(31)18-20(3)29-30-27(32)26(22-10-6-4-7-11-22)23-12-8-5-9-13-23/h4-17,19,26H,18H2,1-3H3,(H,28,31)(H,30,32). The molecular weight excluding hydrogens is 398 g/mol. The molecule has 0 radical (unpaired) electrons. The minimum absolute atomic E-state index is 0.0908. The van der Waals surface area contributed by atoms with Crippen LogP contribution in [0.4, 0.5) is 5.69 Å². The van der Waals surface area contributed by atoms with Crippen LogP contribution in [-0.4, -0.2) is 17.5 Å². The number of hydrogen-bond donors (Lipinski definition) is 2. The van der Waals surface area contributed by atoms with Crippen molar-refractivity contribution in [3.05, 3.63) is 102 Å². The molecule has 5 nitrogen and oxygen atoms in total. The fourth-order valence-corrected chi connectivity index (χ4v) is 3.43. The van der Waals surface area contributed by atoms with Gasteiger partial charge in [-0.05, 0) is 41.7 Å². The molecule has 2 amide bonds. The first-order chi connectivity index (χ1) is 15.4. The molecule has 0 fully saturated rings. The van der Waals surface area contributed by atoms with Crippen molar-refractivity contribution >= 4 is 23.2 Å². The number of benzene rings is 3. The maximum atomic E-state index is 13.0. The fourth-order valence-electron chi connectivity index (χ4n) is 3.43. The molecule has 0 spiro atoms. The minimum atomic E-state index is -0.484. The van der Waals surface area contributed by atoms with E-state index in [1.165, 1.54) is 5.56 Å². The number of anilines is 1. The highest BCUT2D eigenvalue weighted by atomic mass is 16.2. The lowest BCUT2D eigenvalue weighted by molar-refractivity contribution is -0.121. The largest absolute Gasteiger partial charge is 0.326 e. The van der Waals surface area contributed by atoms with Gasteiger partial charge < -0.3 is 5.32 Å². The molecule has 0 aliphatic carbocycles. The normalized spacial score (nSPS) is 11.5. The van der Waals surface area contributed by atoms with Crippen molar-refractivity contribution in [1.29, 1.82) is 0 Å². The number of hydrogen-bond acceptors (Lipinski definition) is 3. The molecule has 0 bridgehead atoms. The van der Waals surface area contributed by atoms with Crippen LogP contribution in [0.3, 0.4) is 0 Å². The average Bonchev–Trinajstić information content (AvgIpc) is 2.79. The summed E-state index contributed by atoms with van der Waals surface area (Å²) in [6.45, 7) is 5.98. The number of carbonyl (C=O) groups is 2. The Balaban J connectivity index is 1.63. The zero-order valence-electron chi connectivity index (χ0n) is 18.7. The van der Waals surface area contributed by atoms with Crippen molar-refractivity contribution < 1.29 is 9.59 Å². The lowest BCUT2D eigenvalue weighted by Crippen LogP contribution is -2.27. The summed E-state index contributed by atoms with van der Waals surface area (Å²) in [5.74, 6) is -0.470. The van der Waals surface area contributed by atoms with Gasteiger partial charge in [0.2, 0.25) is 5.91 Å². The molecule has 32 heavy (non-hydrogen) atoms. The third-order valence-corrected chi connectivity index (χ3v) is 5.16. The maximum absolute atomic E-state index is 13.0. The number of nitrogens with one attached hydrogen (secondary N) is 2. The number of nitrogens with zero attached hydrogens (tertiary/aromatic N) is 1. The molecule has 0 saturated heterocycles. The van der Waals surface area contributed by atoms with Crippen LogP contribution < -0.4 is 10.7 Å². The average molecular weight is 428 g/mol. The summed E-state index contributed by atoms with van der Waals surface area (Å²) >= 11 is 0. The van der Waals surface area contributed by atoms with Crippen LogP contribution in [0, 0.1) is 0 Å². The third-order valence-electron chi connectivity index (χ3n) is 5.16. The Kier molecular flexibility index (Phi) is 7.92. The maximum Gasteiger partial charge on any atom is 0.252 e. The molecule has 0 heterocycles. The van der Waals surface area contributed by atoms with Gasteiger partial charge in [0.15, 0.2) is 0 Å². The second kappa shape index (κ2) is 11.0. The van der Waals surface area contributed by atoms with Gasteiger partial charge in [-0.1, -0.05) is 86.6 Å². The van der Waals surface area contributed by atoms with Crippen molar-refractivity contribution in [2.24, 2.45) is 5.10 Å². The van der Waals surface area contributed by atoms with Gasteiger partial charge in [-0.3, -0.25) is 9.59 Å². The molecule has 2 N–H and O–H groups in total. The Morgan fingerprint density at radius 3 is 1.81 bits per heavy atom. The van der Waals surface area contributed by atoms with E-state index < -0.39 is 5.92 Å². The topological polar surface area (TPSA) is 70.6 Å². The van der Waals surface area contributed by atoms with E-state index in [2.05, 4.69) is 29.7 Å². The van der Waals surface area contributed by atoms with Crippen molar-refractivity contribution in [3.8, 4) is 0 Å². The van der Waals surface area contributed by atoms with Gasteiger partial charge in [-0.15, -0.1) is 0 Å². The number of carbonyl (C=O) groups excluding carboxylic acids is 2. The van der Waals surface area contributed by atoms with E-state index in [9.17, 15) is 9.59 Å². The first kappa shape index (κ1) is 22.9. The Bertz CT molecular complexity index is 1020. The molecule has 0 aromatic heterocycles. The summed E-state index contributed by atoms with van der Waals surface area (Å²) in [7, 11) is 0.